The lowest BCUT2D eigenvalue weighted by Crippen LogP contribution is -2.32. The first kappa shape index (κ1) is 14.7. The van der Waals surface area contributed by atoms with Crippen molar-refractivity contribution in [2.24, 2.45) is 5.14 Å². The Bertz CT molecular complexity index is 615. The Balaban J connectivity index is 2.36. The van der Waals surface area contributed by atoms with Crippen LogP contribution in [0.4, 0.5) is 5.69 Å². The number of hydrogen-bond donors (Lipinski definition) is 1. The van der Waals surface area contributed by atoms with Gasteiger partial charge in [0.05, 0.1) is 0 Å². The number of primary sulfonamides is 1. The molecule has 0 saturated carbocycles. The number of sulfonamides is 1. The van der Waals surface area contributed by atoms with Gasteiger partial charge in [-0.05, 0) is 52.8 Å². The van der Waals surface area contributed by atoms with Crippen molar-refractivity contribution in [1.82, 2.24) is 0 Å². The van der Waals surface area contributed by atoms with Gasteiger partial charge >= 0.3 is 0 Å². The first-order valence-electron chi connectivity index (χ1n) is 5.93. The van der Waals surface area contributed by atoms with Gasteiger partial charge in [0.15, 0.2) is 0 Å². The van der Waals surface area contributed by atoms with Crippen LogP contribution < -0.4 is 10.0 Å². The fraction of sp³-hybridized carbons (Fsp3) is 0.417. The molecule has 5 nitrogen and oxygen atoms in total. The van der Waals surface area contributed by atoms with Gasteiger partial charge in [-0.3, -0.25) is 4.79 Å². The molecule has 1 fully saturated rings. The van der Waals surface area contributed by atoms with Crippen molar-refractivity contribution >= 4 is 44.2 Å². The number of hydrogen-bond acceptors (Lipinski definition) is 3. The second kappa shape index (κ2) is 5.37. The fourth-order valence-corrected chi connectivity index (χ4v) is 3.52. The summed E-state index contributed by atoms with van der Waals surface area (Å²) in [5.74, 6) is -0.185. The van der Waals surface area contributed by atoms with Crippen LogP contribution in [0, 0.1) is 3.57 Å². The average molecular weight is 394 g/mol. The highest BCUT2D eigenvalue weighted by Crippen LogP contribution is 2.29. The first-order chi connectivity index (χ1) is 8.82. The van der Waals surface area contributed by atoms with E-state index in [-0.39, 0.29) is 18.9 Å². The van der Waals surface area contributed by atoms with Crippen LogP contribution in [-0.4, -0.2) is 26.1 Å². The Labute approximate surface area is 126 Å². The molecule has 1 saturated heterocycles. The number of nitrogens with zero attached hydrogens (tertiary/aromatic N) is 1. The molecule has 1 amide bonds. The predicted octanol–water partition coefficient (Wildman–Crippen LogP) is 1.25. The second-order valence-corrected chi connectivity index (χ2v) is 7.64. The maximum absolute atomic E-state index is 12.0. The third-order valence-corrected chi connectivity index (χ3v) is 5.18. The maximum Gasteiger partial charge on any atom is 0.228 e. The van der Waals surface area contributed by atoms with E-state index in [4.69, 9.17) is 5.14 Å². The Morgan fingerprint density at radius 1 is 1.47 bits per heavy atom. The minimum atomic E-state index is -3.67. The van der Waals surface area contributed by atoms with Crippen LogP contribution in [0.25, 0.3) is 0 Å². The lowest BCUT2D eigenvalue weighted by molar-refractivity contribution is -0.117. The largest absolute Gasteiger partial charge is 0.311 e. The van der Waals surface area contributed by atoms with E-state index in [1.54, 1.807) is 0 Å². The molecule has 0 aliphatic carbocycles. The van der Waals surface area contributed by atoms with Crippen LogP contribution in [0.15, 0.2) is 18.2 Å². The SMILES string of the molecule is CCc1cc(I)ccc1N1CC(S(N)(=O)=O)CC1=O. The summed E-state index contributed by atoms with van der Waals surface area (Å²) in [6.07, 6.45) is 0.754. The molecule has 104 valence electrons. The minimum Gasteiger partial charge on any atom is -0.311 e. The van der Waals surface area contributed by atoms with Crippen molar-refractivity contribution in [3.8, 4) is 0 Å². The van der Waals surface area contributed by atoms with Crippen molar-refractivity contribution in [2.75, 3.05) is 11.4 Å². The van der Waals surface area contributed by atoms with Gasteiger partial charge in [0, 0.05) is 22.2 Å². The van der Waals surface area contributed by atoms with Gasteiger partial charge in [-0.1, -0.05) is 6.92 Å². The van der Waals surface area contributed by atoms with E-state index in [0.717, 1.165) is 21.2 Å². The van der Waals surface area contributed by atoms with E-state index in [1.165, 1.54) is 4.90 Å². The van der Waals surface area contributed by atoms with Gasteiger partial charge in [-0.25, -0.2) is 13.6 Å². The lowest BCUT2D eigenvalue weighted by Gasteiger charge is -2.20. The van der Waals surface area contributed by atoms with Gasteiger partial charge in [-0.15, -0.1) is 0 Å². The summed E-state index contributed by atoms with van der Waals surface area (Å²) in [4.78, 5) is 13.5. The molecule has 1 aromatic carbocycles. The molecule has 7 heteroatoms. The molecule has 1 atom stereocenters. The molecule has 0 spiro atoms. The topological polar surface area (TPSA) is 80.5 Å². The van der Waals surface area contributed by atoms with Crippen molar-refractivity contribution in [3.05, 3.63) is 27.3 Å². The summed E-state index contributed by atoms with van der Waals surface area (Å²) in [5.41, 5.74) is 1.83. The van der Waals surface area contributed by atoms with Crippen LogP contribution in [-0.2, 0) is 21.2 Å². The lowest BCUT2D eigenvalue weighted by atomic mass is 10.1. The van der Waals surface area contributed by atoms with Crippen molar-refractivity contribution < 1.29 is 13.2 Å². The summed E-state index contributed by atoms with van der Waals surface area (Å²) in [6, 6.07) is 5.78. The molecule has 0 bridgehead atoms. The fourth-order valence-electron chi connectivity index (χ4n) is 2.23. The van der Waals surface area contributed by atoms with E-state index in [2.05, 4.69) is 22.6 Å². The van der Waals surface area contributed by atoms with E-state index in [1.807, 2.05) is 25.1 Å². The zero-order valence-electron chi connectivity index (χ0n) is 10.5. The van der Waals surface area contributed by atoms with Gasteiger partial charge in [0.1, 0.15) is 5.25 Å². The number of benzene rings is 1. The third-order valence-electron chi connectivity index (χ3n) is 3.27. The molecule has 0 radical (unpaired) electrons. The van der Waals surface area contributed by atoms with Gasteiger partial charge < -0.3 is 4.90 Å². The number of carbonyl (C=O) groups excluding carboxylic acids is 1. The molecule has 1 aliphatic rings. The highest BCUT2D eigenvalue weighted by atomic mass is 127. The van der Waals surface area contributed by atoms with Crippen LogP contribution in [0.2, 0.25) is 0 Å². The average Bonchev–Trinajstić information content (AvgIpc) is 2.71. The van der Waals surface area contributed by atoms with Gasteiger partial charge in [0.2, 0.25) is 15.9 Å². The molecule has 2 rings (SSSR count). The first-order valence-corrected chi connectivity index (χ1v) is 8.62. The van der Waals surface area contributed by atoms with E-state index in [0.29, 0.717) is 0 Å². The van der Waals surface area contributed by atoms with Crippen LogP contribution in [0.5, 0.6) is 0 Å². The summed E-state index contributed by atoms with van der Waals surface area (Å²) in [5, 5.41) is 4.33. The predicted molar refractivity (Wildman–Crippen MR) is 82.4 cm³/mol. The maximum atomic E-state index is 12.0. The normalized spacial score (nSPS) is 20.1. The Morgan fingerprint density at radius 3 is 2.68 bits per heavy atom. The number of carbonyl (C=O) groups is 1. The molecule has 0 aromatic heterocycles. The zero-order chi connectivity index (χ0) is 14.2. The summed E-state index contributed by atoms with van der Waals surface area (Å²) in [7, 11) is -3.67. The highest BCUT2D eigenvalue weighted by molar-refractivity contribution is 14.1. The number of halogens is 1. The molecule has 1 heterocycles. The van der Waals surface area contributed by atoms with E-state index >= 15 is 0 Å². The molecule has 1 unspecified atom stereocenters. The molecular weight excluding hydrogens is 379 g/mol. The number of nitrogens with two attached hydrogens (primary N) is 1. The van der Waals surface area contributed by atoms with Crippen molar-refractivity contribution in [1.29, 1.82) is 0 Å². The zero-order valence-corrected chi connectivity index (χ0v) is 13.4. The third kappa shape index (κ3) is 3.09. The van der Waals surface area contributed by atoms with Crippen molar-refractivity contribution in [2.45, 2.75) is 25.0 Å². The summed E-state index contributed by atoms with van der Waals surface area (Å²) in [6.45, 7) is 2.15. The van der Waals surface area contributed by atoms with Crippen molar-refractivity contribution in [3.63, 3.8) is 0 Å². The molecule has 1 aromatic rings. The van der Waals surface area contributed by atoms with Crippen LogP contribution in [0.1, 0.15) is 18.9 Å². The number of anilines is 1. The smallest absolute Gasteiger partial charge is 0.228 e. The highest BCUT2D eigenvalue weighted by Gasteiger charge is 2.37. The number of rotatable bonds is 3. The quantitative estimate of drug-likeness (QED) is 0.784. The minimum absolute atomic E-state index is 0.0338. The van der Waals surface area contributed by atoms with E-state index in [9.17, 15) is 13.2 Å². The molecule has 19 heavy (non-hydrogen) atoms. The second-order valence-electron chi connectivity index (χ2n) is 4.55. The van der Waals surface area contributed by atoms with Gasteiger partial charge in [-0.2, -0.15) is 0 Å². The van der Waals surface area contributed by atoms with Crippen LogP contribution in [0.3, 0.4) is 0 Å². The Hall–Kier alpha value is -0.670. The van der Waals surface area contributed by atoms with Gasteiger partial charge in [0.25, 0.3) is 0 Å². The number of amides is 1. The molecule has 1 aliphatic heterocycles. The Kier molecular flexibility index (Phi) is 4.17. The Morgan fingerprint density at radius 2 is 2.16 bits per heavy atom. The summed E-state index contributed by atoms with van der Waals surface area (Å²) < 4.78 is 23.8. The molecular formula is C12H15IN2O3S. The monoisotopic (exact) mass is 394 g/mol. The van der Waals surface area contributed by atoms with E-state index < -0.39 is 15.3 Å². The number of aryl methyl sites for hydroxylation is 1. The standard InChI is InChI=1S/C12H15IN2O3S/c1-2-8-5-9(13)3-4-11(8)15-7-10(6-12(15)16)19(14,17)18/h3-5,10H,2,6-7H2,1H3,(H2,14,17,18). The summed E-state index contributed by atoms with van der Waals surface area (Å²) >= 11 is 2.21. The van der Waals surface area contributed by atoms with Crippen LogP contribution >= 0.6 is 22.6 Å². The molecule has 2 N–H and O–H groups in total.